The lowest BCUT2D eigenvalue weighted by Crippen LogP contribution is -2.25. The maximum atomic E-state index is 12.0. The van der Waals surface area contributed by atoms with Crippen LogP contribution in [0.25, 0.3) is 0 Å². The van der Waals surface area contributed by atoms with Gasteiger partial charge in [-0.2, -0.15) is 4.99 Å². The third-order valence-electron chi connectivity index (χ3n) is 2.78. The Morgan fingerprint density at radius 2 is 1.90 bits per heavy atom. The molecule has 0 saturated carbocycles. The van der Waals surface area contributed by atoms with E-state index in [1.165, 1.54) is 0 Å². The van der Waals surface area contributed by atoms with Crippen LogP contribution in [-0.2, 0) is 9.53 Å². The Kier molecular flexibility index (Phi) is 4.46. The number of ether oxygens (including phenoxy) is 1. The van der Waals surface area contributed by atoms with E-state index >= 15 is 0 Å². The summed E-state index contributed by atoms with van der Waals surface area (Å²) in [6.45, 7) is 5.65. The molecule has 2 rings (SSSR count). The number of carbonyl (C=O) groups is 2. The summed E-state index contributed by atoms with van der Waals surface area (Å²) in [6, 6.07) is 7.42. The van der Waals surface area contributed by atoms with E-state index in [2.05, 4.69) is 20.9 Å². The minimum atomic E-state index is -0.650. The molecule has 1 fully saturated rings. The second-order valence-corrected chi connectivity index (χ2v) is 6.71. The third kappa shape index (κ3) is 4.39. The predicted octanol–water partition coefficient (Wildman–Crippen LogP) is 3.56. The first-order valence-corrected chi connectivity index (χ1v) is 7.39. The van der Waals surface area contributed by atoms with Gasteiger partial charge in [0.25, 0.3) is 0 Å². The van der Waals surface area contributed by atoms with Gasteiger partial charge in [0.15, 0.2) is 0 Å². The number of halogens is 1. The molecule has 0 unspecified atom stereocenters. The van der Waals surface area contributed by atoms with Gasteiger partial charge in [-0.3, -0.25) is 4.79 Å². The lowest BCUT2D eigenvalue weighted by molar-refractivity contribution is -0.116. The number of benzene rings is 1. The number of carbonyl (C=O) groups excluding carboxylic acids is 2. The molecule has 0 bridgehead atoms. The molecule has 1 aliphatic heterocycles. The van der Waals surface area contributed by atoms with E-state index in [1.807, 2.05) is 24.3 Å². The van der Waals surface area contributed by atoms with Crippen molar-refractivity contribution < 1.29 is 14.3 Å². The summed E-state index contributed by atoms with van der Waals surface area (Å²) in [5.41, 5.74) is 0.726. The zero-order chi connectivity index (χ0) is 15.6. The van der Waals surface area contributed by atoms with Crippen LogP contribution in [0.2, 0.25) is 0 Å². The molecule has 1 aromatic rings. The highest BCUT2D eigenvalue weighted by Crippen LogP contribution is 2.22. The molecular formula is C15H17BrN2O3. The van der Waals surface area contributed by atoms with Gasteiger partial charge in [-0.1, -0.05) is 15.9 Å². The number of nitrogens with zero attached hydrogens (tertiary/aromatic N) is 2. The van der Waals surface area contributed by atoms with E-state index in [4.69, 9.17) is 4.74 Å². The van der Waals surface area contributed by atoms with Crippen molar-refractivity contribution >= 4 is 39.3 Å². The molecule has 6 heteroatoms. The monoisotopic (exact) mass is 352 g/mol. The predicted molar refractivity (Wildman–Crippen MR) is 84.8 cm³/mol. The molecule has 1 heterocycles. The quantitative estimate of drug-likeness (QED) is 0.776. The van der Waals surface area contributed by atoms with Crippen LogP contribution in [0.3, 0.4) is 0 Å². The number of rotatable bonds is 1. The van der Waals surface area contributed by atoms with Crippen molar-refractivity contribution in [2.75, 3.05) is 11.4 Å². The largest absolute Gasteiger partial charge is 0.442 e. The maximum absolute atomic E-state index is 12.0. The van der Waals surface area contributed by atoms with Crippen molar-refractivity contribution in [1.29, 1.82) is 0 Å². The second kappa shape index (κ2) is 5.97. The number of anilines is 1. The van der Waals surface area contributed by atoms with Gasteiger partial charge in [0, 0.05) is 10.2 Å². The van der Waals surface area contributed by atoms with E-state index in [-0.39, 0.29) is 12.3 Å². The summed E-state index contributed by atoms with van der Waals surface area (Å²) >= 11 is 3.35. The summed E-state index contributed by atoms with van der Waals surface area (Å²) in [7, 11) is 0. The van der Waals surface area contributed by atoms with E-state index in [9.17, 15) is 9.59 Å². The van der Waals surface area contributed by atoms with Crippen LogP contribution in [0, 0.1) is 0 Å². The zero-order valence-electron chi connectivity index (χ0n) is 12.2. The summed E-state index contributed by atoms with van der Waals surface area (Å²) in [5, 5.41) is 0. The summed E-state index contributed by atoms with van der Waals surface area (Å²) in [4.78, 5) is 29.2. The first kappa shape index (κ1) is 15.7. The topological polar surface area (TPSA) is 59.0 Å². The molecule has 0 aliphatic carbocycles. The number of hydrogen-bond donors (Lipinski definition) is 0. The molecule has 1 aromatic carbocycles. The highest BCUT2D eigenvalue weighted by atomic mass is 79.9. The lowest BCUT2D eigenvalue weighted by atomic mass is 10.2. The first-order valence-electron chi connectivity index (χ1n) is 6.60. The van der Waals surface area contributed by atoms with Crippen molar-refractivity contribution in [3.05, 3.63) is 28.7 Å². The van der Waals surface area contributed by atoms with Crippen LogP contribution in [0.15, 0.2) is 33.7 Å². The fourth-order valence-electron chi connectivity index (χ4n) is 1.94. The average Bonchev–Trinajstić information content (AvgIpc) is 2.68. The average molecular weight is 353 g/mol. The molecule has 0 radical (unpaired) electrons. The smallest absolute Gasteiger partial charge is 0.434 e. The number of amides is 2. The summed E-state index contributed by atoms with van der Waals surface area (Å²) < 4.78 is 6.07. The van der Waals surface area contributed by atoms with Gasteiger partial charge in [-0.25, -0.2) is 4.79 Å². The Labute approximate surface area is 132 Å². The molecule has 1 saturated heterocycles. The van der Waals surface area contributed by atoms with Crippen molar-refractivity contribution in [2.45, 2.75) is 32.8 Å². The molecule has 0 spiro atoms. The third-order valence-corrected chi connectivity index (χ3v) is 3.31. The SMILES string of the molecule is CC(C)(C)OC(=O)/N=C1\CC(=O)N(c2ccc(Br)cc2)C1. The normalized spacial score (nSPS) is 17.4. The number of aliphatic imine (C=N–C) groups is 1. The van der Waals surface area contributed by atoms with Crippen molar-refractivity contribution in [1.82, 2.24) is 0 Å². The molecule has 112 valence electrons. The van der Waals surface area contributed by atoms with Gasteiger partial charge >= 0.3 is 6.09 Å². The maximum Gasteiger partial charge on any atom is 0.434 e. The van der Waals surface area contributed by atoms with Gasteiger partial charge in [-0.05, 0) is 45.0 Å². The molecule has 1 aliphatic rings. The van der Waals surface area contributed by atoms with Crippen molar-refractivity contribution in [2.24, 2.45) is 4.99 Å². The Morgan fingerprint density at radius 3 is 2.48 bits per heavy atom. The Balaban J connectivity index is 2.09. The molecule has 2 amide bonds. The van der Waals surface area contributed by atoms with Crippen LogP contribution in [-0.4, -0.2) is 29.9 Å². The summed E-state index contributed by atoms with van der Waals surface area (Å²) in [6.07, 6.45) is -0.502. The van der Waals surface area contributed by atoms with Crippen molar-refractivity contribution in [3.63, 3.8) is 0 Å². The molecule has 0 N–H and O–H groups in total. The second-order valence-electron chi connectivity index (χ2n) is 5.79. The fourth-order valence-corrected chi connectivity index (χ4v) is 2.21. The van der Waals surface area contributed by atoms with Gasteiger partial charge in [0.1, 0.15) is 5.60 Å². The molecule has 5 nitrogen and oxygen atoms in total. The molecule has 0 atom stereocenters. The van der Waals surface area contributed by atoms with E-state index in [1.54, 1.807) is 25.7 Å². The van der Waals surface area contributed by atoms with Crippen LogP contribution in [0.1, 0.15) is 27.2 Å². The standard InChI is InChI=1S/C15H17BrN2O3/c1-15(2,3)21-14(20)17-11-8-13(19)18(9-11)12-6-4-10(16)5-7-12/h4-7H,8-9H2,1-3H3/b17-11+. The van der Waals surface area contributed by atoms with E-state index in [0.29, 0.717) is 12.3 Å². The van der Waals surface area contributed by atoms with Crippen LogP contribution >= 0.6 is 15.9 Å². The Morgan fingerprint density at radius 1 is 1.29 bits per heavy atom. The Bertz CT molecular complexity index is 588. The summed E-state index contributed by atoms with van der Waals surface area (Å²) in [5.74, 6) is -0.0698. The van der Waals surface area contributed by atoms with E-state index < -0.39 is 11.7 Å². The van der Waals surface area contributed by atoms with Crippen molar-refractivity contribution in [3.8, 4) is 0 Å². The highest BCUT2D eigenvalue weighted by molar-refractivity contribution is 9.10. The van der Waals surface area contributed by atoms with Gasteiger partial charge in [0.2, 0.25) is 5.91 Å². The molecule has 0 aromatic heterocycles. The first-order chi connectivity index (χ1) is 9.74. The lowest BCUT2D eigenvalue weighted by Gasteiger charge is -2.17. The van der Waals surface area contributed by atoms with Gasteiger partial charge < -0.3 is 9.64 Å². The zero-order valence-corrected chi connectivity index (χ0v) is 13.8. The number of hydrogen-bond acceptors (Lipinski definition) is 3. The highest BCUT2D eigenvalue weighted by Gasteiger charge is 2.28. The van der Waals surface area contributed by atoms with Crippen LogP contribution in [0.5, 0.6) is 0 Å². The minimum absolute atomic E-state index is 0.0698. The van der Waals surface area contributed by atoms with Gasteiger partial charge in [-0.15, -0.1) is 0 Å². The van der Waals surface area contributed by atoms with E-state index in [0.717, 1.165) is 10.2 Å². The Hall–Kier alpha value is -1.69. The van der Waals surface area contributed by atoms with Gasteiger partial charge in [0.05, 0.1) is 18.7 Å². The molecular weight excluding hydrogens is 336 g/mol. The van der Waals surface area contributed by atoms with Crippen LogP contribution < -0.4 is 4.90 Å². The molecule has 21 heavy (non-hydrogen) atoms. The minimum Gasteiger partial charge on any atom is -0.442 e. The fraction of sp³-hybridized carbons (Fsp3) is 0.400. The van der Waals surface area contributed by atoms with Crippen LogP contribution in [0.4, 0.5) is 10.5 Å².